The van der Waals surface area contributed by atoms with Crippen LogP contribution in [0.3, 0.4) is 0 Å². The van der Waals surface area contributed by atoms with Crippen molar-refractivity contribution in [2.75, 3.05) is 18.4 Å². The molecular formula is C19H23ClFN3. The zero-order valence-corrected chi connectivity index (χ0v) is 15.3. The molecule has 0 amide bonds. The second-order valence-corrected chi connectivity index (χ2v) is 6.41. The number of benzene rings is 1. The van der Waals surface area contributed by atoms with Crippen molar-refractivity contribution in [3.8, 4) is 0 Å². The Morgan fingerprint density at radius 1 is 1.42 bits per heavy atom. The van der Waals surface area contributed by atoms with E-state index in [0.29, 0.717) is 17.5 Å². The minimum absolute atomic E-state index is 0.0548. The third kappa shape index (κ3) is 4.71. The highest BCUT2D eigenvalue weighted by atomic mass is 35.5. The summed E-state index contributed by atoms with van der Waals surface area (Å²) in [6, 6.07) is 6.05. The molecule has 128 valence electrons. The van der Waals surface area contributed by atoms with Gasteiger partial charge < -0.3 is 10.2 Å². The molecule has 0 aliphatic carbocycles. The summed E-state index contributed by atoms with van der Waals surface area (Å²) in [6.07, 6.45) is 5.32. The number of rotatable bonds is 4. The molecule has 3 nitrogen and oxygen atoms in total. The largest absolute Gasteiger partial charge is 0.326 e. The van der Waals surface area contributed by atoms with Crippen molar-refractivity contribution in [2.45, 2.75) is 27.7 Å². The van der Waals surface area contributed by atoms with Crippen LogP contribution < -0.4 is 5.32 Å². The van der Waals surface area contributed by atoms with Crippen molar-refractivity contribution in [2.24, 2.45) is 4.99 Å². The minimum Gasteiger partial charge on any atom is -0.326 e. The molecule has 5 heteroatoms. The molecule has 24 heavy (non-hydrogen) atoms. The first-order valence-corrected chi connectivity index (χ1v) is 8.28. The molecule has 2 rings (SSSR count). The topological polar surface area (TPSA) is 27.6 Å². The number of nitrogens with one attached hydrogen (secondary N) is 1. The highest BCUT2D eigenvalue weighted by Gasteiger charge is 2.17. The Morgan fingerprint density at radius 3 is 2.83 bits per heavy atom. The number of nitrogens with zero attached hydrogens (tertiary/aromatic N) is 2. The van der Waals surface area contributed by atoms with Gasteiger partial charge in [0.15, 0.2) is 0 Å². The quantitative estimate of drug-likeness (QED) is 0.750. The van der Waals surface area contributed by atoms with Crippen LogP contribution >= 0.6 is 11.6 Å². The molecule has 0 atom stereocenters. The Labute approximate surface area is 148 Å². The number of allylic oxidation sites excluding steroid dienone is 2. The maximum absolute atomic E-state index is 13.7. The summed E-state index contributed by atoms with van der Waals surface area (Å²) < 4.78 is 13.7. The zero-order valence-electron chi connectivity index (χ0n) is 14.5. The van der Waals surface area contributed by atoms with Gasteiger partial charge >= 0.3 is 0 Å². The third-order valence-electron chi connectivity index (χ3n) is 3.91. The van der Waals surface area contributed by atoms with Crippen LogP contribution in [-0.4, -0.2) is 23.9 Å². The summed E-state index contributed by atoms with van der Waals surface area (Å²) in [5.41, 5.74) is 4.31. The van der Waals surface area contributed by atoms with Gasteiger partial charge in [0.05, 0.1) is 13.1 Å². The molecule has 1 aromatic rings. The first kappa shape index (κ1) is 18.3. The molecule has 1 N–H and O–H groups in total. The van der Waals surface area contributed by atoms with Crippen LogP contribution in [0.1, 0.15) is 25.0 Å². The van der Waals surface area contributed by atoms with Crippen molar-refractivity contribution in [1.29, 1.82) is 0 Å². The van der Waals surface area contributed by atoms with Gasteiger partial charge in [-0.05, 0) is 56.5 Å². The lowest BCUT2D eigenvalue weighted by Gasteiger charge is -2.27. The summed E-state index contributed by atoms with van der Waals surface area (Å²) >= 11 is 5.97. The Morgan fingerprint density at radius 2 is 2.17 bits per heavy atom. The lowest BCUT2D eigenvalue weighted by molar-refractivity contribution is 0.520. The van der Waals surface area contributed by atoms with Crippen LogP contribution in [0.5, 0.6) is 0 Å². The van der Waals surface area contributed by atoms with Gasteiger partial charge in [-0.15, -0.1) is 0 Å². The SMILES string of the molecule is C/C=C(\C=C(/C)Cl)CN1C=C(F)CN=C1Nc1cccc(C)c1C. The van der Waals surface area contributed by atoms with Crippen LogP contribution in [0.2, 0.25) is 0 Å². The van der Waals surface area contributed by atoms with Gasteiger partial charge in [0.25, 0.3) is 0 Å². The predicted molar refractivity (Wildman–Crippen MR) is 101 cm³/mol. The van der Waals surface area contributed by atoms with Crippen LogP contribution in [0.15, 0.2) is 58.0 Å². The van der Waals surface area contributed by atoms with E-state index in [-0.39, 0.29) is 12.4 Å². The molecule has 0 spiro atoms. The van der Waals surface area contributed by atoms with Gasteiger partial charge in [-0.2, -0.15) is 0 Å². The highest BCUT2D eigenvalue weighted by Crippen LogP contribution is 2.21. The fourth-order valence-electron chi connectivity index (χ4n) is 2.42. The molecular weight excluding hydrogens is 325 g/mol. The highest BCUT2D eigenvalue weighted by molar-refractivity contribution is 6.29. The van der Waals surface area contributed by atoms with Crippen molar-refractivity contribution in [3.05, 3.63) is 64.1 Å². The Balaban J connectivity index is 2.24. The number of anilines is 1. The molecule has 0 unspecified atom stereocenters. The van der Waals surface area contributed by atoms with E-state index in [2.05, 4.69) is 30.2 Å². The van der Waals surface area contributed by atoms with Gasteiger partial charge in [0, 0.05) is 16.9 Å². The van der Waals surface area contributed by atoms with Gasteiger partial charge in [-0.25, -0.2) is 9.38 Å². The molecule has 0 saturated carbocycles. The molecule has 1 aromatic carbocycles. The van der Waals surface area contributed by atoms with E-state index in [0.717, 1.165) is 16.8 Å². The molecule has 1 aliphatic heterocycles. The summed E-state index contributed by atoms with van der Waals surface area (Å²) in [7, 11) is 0. The lowest BCUT2D eigenvalue weighted by atomic mass is 10.1. The van der Waals surface area contributed by atoms with Crippen LogP contribution in [0.4, 0.5) is 10.1 Å². The van der Waals surface area contributed by atoms with Crippen molar-refractivity contribution in [1.82, 2.24) is 4.90 Å². The normalized spacial score (nSPS) is 16.0. The molecule has 1 aliphatic rings. The van der Waals surface area contributed by atoms with Crippen LogP contribution in [0, 0.1) is 13.8 Å². The lowest BCUT2D eigenvalue weighted by Crippen LogP contribution is -2.36. The monoisotopic (exact) mass is 347 g/mol. The summed E-state index contributed by atoms with van der Waals surface area (Å²) in [5.74, 6) is 0.369. The first-order chi connectivity index (χ1) is 11.4. The Kier molecular flexibility index (Phi) is 6.21. The zero-order chi connectivity index (χ0) is 17.7. The summed E-state index contributed by atoms with van der Waals surface area (Å²) in [5, 5.41) is 4.01. The van der Waals surface area contributed by atoms with E-state index in [1.165, 1.54) is 11.8 Å². The van der Waals surface area contributed by atoms with E-state index < -0.39 is 0 Å². The second-order valence-electron chi connectivity index (χ2n) is 5.81. The Bertz CT molecular complexity index is 728. The van der Waals surface area contributed by atoms with Crippen molar-refractivity contribution >= 4 is 23.2 Å². The molecule has 1 heterocycles. The maximum Gasteiger partial charge on any atom is 0.203 e. The predicted octanol–water partition coefficient (Wildman–Crippen LogP) is 5.29. The number of hydrogen-bond donors (Lipinski definition) is 1. The standard InChI is InChI=1S/C19H23ClFN3/c1-5-16(9-14(3)20)11-24-12-17(21)10-22-19(24)23-18-8-6-7-13(2)15(18)4/h5-9,12H,10-11H2,1-4H3,(H,22,23)/b14-9+,16-5+. The Hall–Kier alpha value is -2.07. The summed E-state index contributed by atoms with van der Waals surface area (Å²) in [6.45, 7) is 8.42. The molecule has 0 saturated heterocycles. The number of aryl methyl sites for hydroxylation is 1. The van der Waals surface area contributed by atoms with Gasteiger partial charge in [-0.1, -0.05) is 29.8 Å². The van der Waals surface area contributed by atoms with Gasteiger partial charge in [0.1, 0.15) is 5.83 Å². The molecule has 0 fully saturated rings. The van der Waals surface area contributed by atoms with Gasteiger partial charge in [-0.3, -0.25) is 0 Å². The van der Waals surface area contributed by atoms with Crippen molar-refractivity contribution in [3.63, 3.8) is 0 Å². The average molecular weight is 348 g/mol. The second kappa shape index (κ2) is 8.15. The average Bonchev–Trinajstić information content (AvgIpc) is 2.53. The fraction of sp³-hybridized carbons (Fsp3) is 0.316. The first-order valence-electron chi connectivity index (χ1n) is 7.90. The number of hydrogen-bond acceptors (Lipinski definition) is 3. The number of halogens is 2. The minimum atomic E-state index is -0.261. The number of aliphatic imine (C=N–C) groups is 1. The smallest absolute Gasteiger partial charge is 0.203 e. The van der Waals surface area contributed by atoms with E-state index in [1.54, 1.807) is 4.90 Å². The number of guanidine groups is 1. The molecule has 0 radical (unpaired) electrons. The van der Waals surface area contributed by atoms with Gasteiger partial charge in [0.2, 0.25) is 5.96 Å². The van der Waals surface area contributed by atoms with Crippen molar-refractivity contribution < 1.29 is 4.39 Å². The van der Waals surface area contributed by atoms with Crippen LogP contribution in [0.25, 0.3) is 0 Å². The maximum atomic E-state index is 13.7. The third-order valence-corrected chi connectivity index (χ3v) is 4.02. The van der Waals surface area contributed by atoms with E-state index >= 15 is 0 Å². The summed E-state index contributed by atoms with van der Waals surface area (Å²) in [4.78, 5) is 6.10. The fourth-order valence-corrected chi connectivity index (χ4v) is 2.56. The van der Waals surface area contributed by atoms with E-state index in [1.807, 2.05) is 38.1 Å². The molecule has 0 aromatic heterocycles. The van der Waals surface area contributed by atoms with E-state index in [9.17, 15) is 4.39 Å². The van der Waals surface area contributed by atoms with Crippen LogP contribution in [-0.2, 0) is 0 Å². The van der Waals surface area contributed by atoms with E-state index in [4.69, 9.17) is 11.6 Å². The molecule has 0 bridgehead atoms.